The fraction of sp³-hybridized carbons (Fsp3) is 0.684. The van der Waals surface area contributed by atoms with Crippen molar-refractivity contribution in [3.05, 3.63) is 23.9 Å². The molecule has 2 aliphatic carbocycles. The second kappa shape index (κ2) is 6.76. The van der Waals surface area contributed by atoms with Gasteiger partial charge in [-0.15, -0.1) is 0 Å². The minimum atomic E-state index is -2.92. The Morgan fingerprint density at radius 1 is 1.31 bits per heavy atom. The van der Waals surface area contributed by atoms with E-state index in [2.05, 4.69) is 15.0 Å². The van der Waals surface area contributed by atoms with Gasteiger partial charge >= 0.3 is 6.61 Å². The number of alkyl halides is 2. The monoisotopic (exact) mass is 366 g/mol. The van der Waals surface area contributed by atoms with E-state index in [-0.39, 0.29) is 23.1 Å². The van der Waals surface area contributed by atoms with Gasteiger partial charge in [-0.1, -0.05) is 25.3 Å². The van der Waals surface area contributed by atoms with Gasteiger partial charge in [0.15, 0.2) is 0 Å². The van der Waals surface area contributed by atoms with Crippen LogP contribution in [0, 0.1) is 11.3 Å². The lowest BCUT2D eigenvalue weighted by atomic mass is 9.84. The van der Waals surface area contributed by atoms with Gasteiger partial charge < -0.3 is 14.8 Å². The molecule has 1 spiro atoms. The van der Waals surface area contributed by atoms with Crippen molar-refractivity contribution in [3.63, 3.8) is 0 Å². The van der Waals surface area contributed by atoms with Gasteiger partial charge in [0.25, 0.3) is 0 Å². The molecule has 2 heterocycles. The average Bonchev–Trinajstić information content (AvgIpc) is 3.27. The predicted molar refractivity (Wildman–Crippen MR) is 89.8 cm³/mol. The van der Waals surface area contributed by atoms with Crippen LogP contribution in [0.2, 0.25) is 0 Å². The van der Waals surface area contributed by atoms with Crippen LogP contribution in [0.25, 0.3) is 0 Å². The molecule has 4 rings (SSSR count). The van der Waals surface area contributed by atoms with Gasteiger partial charge in [0.05, 0.1) is 18.8 Å². The van der Waals surface area contributed by atoms with Gasteiger partial charge in [-0.3, -0.25) is 4.79 Å². The number of carbonyl (C=O) groups excluding carboxylic acids is 1. The SMILES string of the molecule is O=C(NCC1(c2cccc(OC(F)F)n2)CCO1)C1CC12CCCCC2. The highest BCUT2D eigenvalue weighted by Crippen LogP contribution is 2.61. The number of aromatic nitrogens is 1. The van der Waals surface area contributed by atoms with Crippen molar-refractivity contribution in [2.45, 2.75) is 57.2 Å². The molecule has 0 bridgehead atoms. The zero-order chi connectivity index (χ0) is 18.2. The summed E-state index contributed by atoms with van der Waals surface area (Å²) in [5.74, 6) is 0.0604. The fourth-order valence-electron chi connectivity index (χ4n) is 4.49. The molecule has 3 fully saturated rings. The second-order valence-electron chi connectivity index (χ2n) is 7.73. The van der Waals surface area contributed by atoms with E-state index in [1.807, 2.05) is 0 Å². The molecule has 1 saturated heterocycles. The molecule has 2 atom stereocenters. The summed E-state index contributed by atoms with van der Waals surface area (Å²) in [4.78, 5) is 16.7. The molecule has 2 saturated carbocycles. The van der Waals surface area contributed by atoms with Crippen LogP contribution in [0.5, 0.6) is 5.88 Å². The Balaban J connectivity index is 1.39. The van der Waals surface area contributed by atoms with E-state index in [1.165, 1.54) is 25.3 Å². The van der Waals surface area contributed by atoms with Crippen LogP contribution in [0.1, 0.15) is 50.6 Å². The molecular formula is C19H24F2N2O3. The summed E-state index contributed by atoms with van der Waals surface area (Å²) >= 11 is 0. The Kier molecular flexibility index (Phi) is 4.59. The maximum Gasteiger partial charge on any atom is 0.388 e. The van der Waals surface area contributed by atoms with Gasteiger partial charge in [-0.2, -0.15) is 8.78 Å². The van der Waals surface area contributed by atoms with E-state index in [0.717, 1.165) is 19.3 Å². The summed E-state index contributed by atoms with van der Waals surface area (Å²) in [6.45, 7) is -2.05. The van der Waals surface area contributed by atoms with Crippen LogP contribution >= 0.6 is 0 Å². The number of nitrogens with zero attached hydrogens (tertiary/aromatic N) is 1. The number of ether oxygens (including phenoxy) is 2. The van der Waals surface area contributed by atoms with Crippen LogP contribution in [-0.2, 0) is 15.1 Å². The lowest BCUT2D eigenvalue weighted by Gasteiger charge is -2.41. The third kappa shape index (κ3) is 3.29. The Morgan fingerprint density at radius 3 is 2.73 bits per heavy atom. The van der Waals surface area contributed by atoms with Crippen LogP contribution in [-0.4, -0.2) is 30.7 Å². The average molecular weight is 366 g/mol. The van der Waals surface area contributed by atoms with Crippen molar-refractivity contribution in [1.29, 1.82) is 0 Å². The normalized spacial score (nSPS) is 29.3. The first-order valence-electron chi connectivity index (χ1n) is 9.37. The summed E-state index contributed by atoms with van der Waals surface area (Å²) in [7, 11) is 0. The summed E-state index contributed by atoms with van der Waals surface area (Å²) < 4.78 is 34.9. The highest BCUT2D eigenvalue weighted by Gasteiger charge is 2.57. The van der Waals surface area contributed by atoms with E-state index >= 15 is 0 Å². The third-order valence-corrected chi connectivity index (χ3v) is 6.19. The zero-order valence-corrected chi connectivity index (χ0v) is 14.7. The molecule has 7 heteroatoms. The summed E-state index contributed by atoms with van der Waals surface area (Å²) in [5.41, 5.74) is 0.00995. The molecule has 142 valence electrons. The minimum Gasteiger partial charge on any atom is -0.417 e. The minimum absolute atomic E-state index is 0.0850. The summed E-state index contributed by atoms with van der Waals surface area (Å²) in [5, 5.41) is 3.02. The predicted octanol–water partition coefficient (Wildman–Crippen LogP) is 3.39. The molecule has 5 nitrogen and oxygen atoms in total. The molecule has 2 unspecified atom stereocenters. The second-order valence-corrected chi connectivity index (χ2v) is 7.73. The van der Waals surface area contributed by atoms with Crippen LogP contribution in [0.15, 0.2) is 18.2 Å². The van der Waals surface area contributed by atoms with Crippen molar-refractivity contribution in [2.24, 2.45) is 11.3 Å². The number of halogens is 2. The Morgan fingerprint density at radius 2 is 2.08 bits per heavy atom. The van der Waals surface area contributed by atoms with Crippen molar-refractivity contribution in [3.8, 4) is 5.88 Å². The molecule has 3 aliphatic rings. The molecule has 1 N–H and O–H groups in total. The van der Waals surface area contributed by atoms with Gasteiger partial charge in [0, 0.05) is 18.4 Å². The van der Waals surface area contributed by atoms with Gasteiger partial charge in [0.1, 0.15) is 5.60 Å². The van der Waals surface area contributed by atoms with Gasteiger partial charge in [-0.25, -0.2) is 4.98 Å². The fourth-order valence-corrected chi connectivity index (χ4v) is 4.49. The number of carbonyl (C=O) groups is 1. The number of amides is 1. The lowest BCUT2D eigenvalue weighted by molar-refractivity contribution is -0.158. The van der Waals surface area contributed by atoms with E-state index in [0.29, 0.717) is 25.3 Å². The van der Waals surface area contributed by atoms with Crippen molar-refractivity contribution in [2.75, 3.05) is 13.2 Å². The number of nitrogens with one attached hydrogen (secondary N) is 1. The van der Waals surface area contributed by atoms with Crippen LogP contribution in [0.4, 0.5) is 8.78 Å². The first-order valence-corrected chi connectivity index (χ1v) is 9.37. The van der Waals surface area contributed by atoms with E-state index in [1.54, 1.807) is 12.1 Å². The molecule has 0 radical (unpaired) electrons. The summed E-state index contributed by atoms with van der Waals surface area (Å²) in [6, 6.07) is 4.73. The molecule has 1 aromatic rings. The number of hydrogen-bond acceptors (Lipinski definition) is 4. The Labute approximate surface area is 151 Å². The van der Waals surface area contributed by atoms with Crippen LogP contribution in [0.3, 0.4) is 0 Å². The quantitative estimate of drug-likeness (QED) is 0.838. The molecule has 1 aliphatic heterocycles. The molecule has 1 amide bonds. The molecule has 0 aromatic carbocycles. The molecule has 26 heavy (non-hydrogen) atoms. The maximum atomic E-state index is 12.6. The van der Waals surface area contributed by atoms with Gasteiger partial charge in [0.2, 0.25) is 11.8 Å². The van der Waals surface area contributed by atoms with Crippen LogP contribution < -0.4 is 10.1 Å². The molecular weight excluding hydrogens is 342 g/mol. The highest BCUT2D eigenvalue weighted by atomic mass is 19.3. The Hall–Kier alpha value is -1.76. The zero-order valence-electron chi connectivity index (χ0n) is 14.7. The number of hydrogen-bond donors (Lipinski definition) is 1. The topological polar surface area (TPSA) is 60.5 Å². The maximum absolute atomic E-state index is 12.6. The van der Waals surface area contributed by atoms with E-state index in [9.17, 15) is 13.6 Å². The lowest BCUT2D eigenvalue weighted by Crippen LogP contribution is -2.51. The molecule has 1 aromatic heterocycles. The third-order valence-electron chi connectivity index (χ3n) is 6.19. The van der Waals surface area contributed by atoms with E-state index in [4.69, 9.17) is 4.74 Å². The highest BCUT2D eigenvalue weighted by molar-refractivity contribution is 5.82. The van der Waals surface area contributed by atoms with Crippen molar-refractivity contribution in [1.82, 2.24) is 10.3 Å². The Bertz CT molecular complexity index is 673. The first kappa shape index (κ1) is 17.6. The smallest absolute Gasteiger partial charge is 0.388 e. The van der Waals surface area contributed by atoms with Crippen molar-refractivity contribution < 1.29 is 23.0 Å². The number of rotatable bonds is 6. The standard InChI is InChI=1S/C19H24F2N2O3/c20-17(21)26-15-6-4-5-14(23-15)19(9-10-25-19)12-22-16(24)13-11-18(13)7-2-1-3-8-18/h4-6,13,17H,1-3,7-12H2,(H,22,24). The van der Waals surface area contributed by atoms with Gasteiger partial charge in [-0.05, 0) is 30.7 Å². The van der Waals surface area contributed by atoms with Crippen molar-refractivity contribution >= 4 is 5.91 Å². The summed E-state index contributed by atoms with van der Waals surface area (Å²) in [6.07, 6.45) is 7.70. The number of pyridine rings is 1. The largest absolute Gasteiger partial charge is 0.417 e. The first-order chi connectivity index (χ1) is 12.5. The van der Waals surface area contributed by atoms with E-state index < -0.39 is 12.2 Å².